The van der Waals surface area contributed by atoms with E-state index in [1.54, 1.807) is 11.8 Å². The van der Waals surface area contributed by atoms with Crippen molar-refractivity contribution in [1.29, 1.82) is 0 Å². The van der Waals surface area contributed by atoms with Gasteiger partial charge in [0, 0.05) is 22.8 Å². The quantitative estimate of drug-likeness (QED) is 0.705. The molecule has 2 rings (SSSR count). The van der Waals surface area contributed by atoms with E-state index in [4.69, 9.17) is 5.11 Å². The molecule has 0 aromatic heterocycles. The molecule has 0 bridgehead atoms. The third-order valence-electron chi connectivity index (χ3n) is 3.56. The van der Waals surface area contributed by atoms with Crippen LogP contribution in [0.3, 0.4) is 0 Å². The second-order valence-electron chi connectivity index (χ2n) is 5.36. The summed E-state index contributed by atoms with van der Waals surface area (Å²) in [5.74, 6) is 0.416. The monoisotopic (exact) mass is 343 g/mol. The fraction of sp³-hybridized carbons (Fsp3) is 0.263. The minimum Gasteiger partial charge on any atom is -0.481 e. The molecule has 0 spiro atoms. The maximum Gasteiger partial charge on any atom is 0.304 e. The largest absolute Gasteiger partial charge is 0.481 e. The molecule has 0 heterocycles. The van der Waals surface area contributed by atoms with Gasteiger partial charge in [0.05, 0.1) is 6.42 Å². The van der Waals surface area contributed by atoms with Gasteiger partial charge in [0.2, 0.25) is 0 Å². The minimum absolute atomic E-state index is 0.108. The number of anilines is 1. The number of nitrogens with one attached hydrogen (secondary N) is 1. The molecule has 2 aromatic rings. The zero-order valence-corrected chi connectivity index (χ0v) is 14.4. The molecule has 2 aromatic carbocycles. The first-order chi connectivity index (χ1) is 11.6. The van der Waals surface area contributed by atoms with E-state index in [-0.39, 0.29) is 12.3 Å². The molecule has 0 aliphatic carbocycles. The number of amides is 1. The van der Waals surface area contributed by atoms with E-state index in [2.05, 4.69) is 5.32 Å². The third-order valence-corrected chi connectivity index (χ3v) is 4.59. The van der Waals surface area contributed by atoms with Crippen molar-refractivity contribution in [1.82, 2.24) is 0 Å². The van der Waals surface area contributed by atoms with Crippen molar-refractivity contribution in [3.8, 4) is 0 Å². The molecular formula is C19H21NO3S. The number of hydrogen-bond acceptors (Lipinski definition) is 3. The molecule has 0 fully saturated rings. The van der Waals surface area contributed by atoms with Crippen LogP contribution >= 0.6 is 11.8 Å². The lowest BCUT2D eigenvalue weighted by Gasteiger charge is -2.10. The van der Waals surface area contributed by atoms with E-state index in [1.807, 2.05) is 55.5 Å². The predicted molar refractivity (Wildman–Crippen MR) is 98.6 cm³/mol. The number of benzene rings is 2. The molecule has 0 atom stereocenters. The van der Waals surface area contributed by atoms with Gasteiger partial charge in [-0.3, -0.25) is 9.59 Å². The maximum atomic E-state index is 12.5. The van der Waals surface area contributed by atoms with Gasteiger partial charge >= 0.3 is 5.97 Å². The number of carbonyl (C=O) groups excluding carboxylic acids is 1. The van der Waals surface area contributed by atoms with Crippen molar-refractivity contribution in [2.75, 3.05) is 11.1 Å². The predicted octanol–water partition coefficient (Wildman–Crippen LogP) is 4.21. The van der Waals surface area contributed by atoms with Crippen LogP contribution in [0.5, 0.6) is 0 Å². The molecule has 4 nitrogen and oxygen atoms in total. The molecule has 0 aliphatic heterocycles. The van der Waals surface area contributed by atoms with Crippen LogP contribution in [-0.4, -0.2) is 22.7 Å². The molecular weight excluding hydrogens is 322 g/mol. The molecule has 1 amide bonds. The summed E-state index contributed by atoms with van der Waals surface area (Å²) in [6.45, 7) is 2.03. The van der Waals surface area contributed by atoms with Crippen LogP contribution in [0.4, 0.5) is 5.69 Å². The Labute approximate surface area is 146 Å². The van der Waals surface area contributed by atoms with E-state index in [9.17, 15) is 9.59 Å². The standard InChI is InChI=1S/C19H21NO3S/c1-2-15-7-3-4-9-17(15)19(23)20-16-8-5-6-14(12-16)13-24-11-10-18(21)22/h3-9,12H,2,10-11,13H2,1H3,(H,20,23)(H,21,22). The van der Waals surface area contributed by atoms with E-state index in [1.165, 1.54) is 0 Å². The molecule has 0 aliphatic rings. The molecule has 0 saturated heterocycles. The van der Waals surface area contributed by atoms with Crippen LogP contribution in [0.2, 0.25) is 0 Å². The highest BCUT2D eigenvalue weighted by Crippen LogP contribution is 2.18. The van der Waals surface area contributed by atoms with Crippen LogP contribution in [0.1, 0.15) is 34.8 Å². The molecule has 5 heteroatoms. The van der Waals surface area contributed by atoms with E-state index in [0.29, 0.717) is 11.3 Å². The summed E-state index contributed by atoms with van der Waals surface area (Å²) in [5, 5.41) is 11.6. The summed E-state index contributed by atoms with van der Waals surface area (Å²) in [7, 11) is 0. The number of aliphatic carboxylic acids is 1. The Kier molecular flexibility index (Phi) is 6.88. The first-order valence-electron chi connectivity index (χ1n) is 7.88. The lowest BCUT2D eigenvalue weighted by molar-refractivity contribution is -0.136. The molecule has 0 unspecified atom stereocenters. The maximum absolute atomic E-state index is 12.5. The van der Waals surface area contributed by atoms with Crippen LogP contribution in [0.15, 0.2) is 48.5 Å². The number of rotatable bonds is 8. The topological polar surface area (TPSA) is 66.4 Å². The van der Waals surface area contributed by atoms with Crippen LogP contribution in [-0.2, 0) is 17.0 Å². The molecule has 0 saturated carbocycles. The van der Waals surface area contributed by atoms with Gasteiger partial charge in [0.25, 0.3) is 5.91 Å². The van der Waals surface area contributed by atoms with Crippen molar-refractivity contribution in [3.05, 3.63) is 65.2 Å². The third kappa shape index (κ3) is 5.42. The first-order valence-corrected chi connectivity index (χ1v) is 9.03. The fourth-order valence-electron chi connectivity index (χ4n) is 2.34. The fourth-order valence-corrected chi connectivity index (χ4v) is 3.22. The Morgan fingerprint density at radius 1 is 1.12 bits per heavy atom. The Morgan fingerprint density at radius 2 is 1.92 bits per heavy atom. The van der Waals surface area contributed by atoms with Gasteiger partial charge in [-0.1, -0.05) is 37.3 Å². The van der Waals surface area contributed by atoms with Crippen LogP contribution in [0, 0.1) is 0 Å². The van der Waals surface area contributed by atoms with Crippen molar-refractivity contribution in [3.63, 3.8) is 0 Å². The lowest BCUT2D eigenvalue weighted by atomic mass is 10.0. The van der Waals surface area contributed by atoms with Gasteiger partial charge in [-0.2, -0.15) is 11.8 Å². The van der Waals surface area contributed by atoms with Crippen LogP contribution < -0.4 is 5.32 Å². The average Bonchev–Trinajstić information content (AvgIpc) is 2.59. The summed E-state index contributed by atoms with van der Waals surface area (Å²) in [4.78, 5) is 23.0. The van der Waals surface area contributed by atoms with Crippen molar-refractivity contribution in [2.45, 2.75) is 25.5 Å². The highest BCUT2D eigenvalue weighted by atomic mass is 32.2. The Hall–Kier alpha value is -2.27. The summed E-state index contributed by atoms with van der Waals surface area (Å²) >= 11 is 1.57. The number of carboxylic acid groups (broad SMARTS) is 1. The van der Waals surface area contributed by atoms with Gasteiger partial charge in [-0.15, -0.1) is 0 Å². The smallest absolute Gasteiger partial charge is 0.304 e. The van der Waals surface area contributed by atoms with Crippen LogP contribution in [0.25, 0.3) is 0 Å². The van der Waals surface area contributed by atoms with Gasteiger partial charge in [0.15, 0.2) is 0 Å². The minimum atomic E-state index is -0.780. The highest BCUT2D eigenvalue weighted by Gasteiger charge is 2.10. The highest BCUT2D eigenvalue weighted by molar-refractivity contribution is 7.98. The van der Waals surface area contributed by atoms with E-state index >= 15 is 0 Å². The van der Waals surface area contributed by atoms with Crippen molar-refractivity contribution in [2.24, 2.45) is 0 Å². The first kappa shape index (κ1) is 18.1. The summed E-state index contributed by atoms with van der Waals surface area (Å²) in [6, 6.07) is 15.3. The van der Waals surface area contributed by atoms with Crippen molar-refractivity contribution >= 4 is 29.3 Å². The normalized spacial score (nSPS) is 10.4. The Balaban J connectivity index is 1.98. The van der Waals surface area contributed by atoms with E-state index in [0.717, 1.165) is 29.0 Å². The SMILES string of the molecule is CCc1ccccc1C(=O)Nc1cccc(CSCCC(=O)O)c1. The lowest BCUT2D eigenvalue weighted by Crippen LogP contribution is -2.14. The van der Waals surface area contributed by atoms with Gasteiger partial charge in [0.1, 0.15) is 0 Å². The Bertz CT molecular complexity index is 715. The average molecular weight is 343 g/mol. The second-order valence-corrected chi connectivity index (χ2v) is 6.47. The second kappa shape index (κ2) is 9.13. The number of hydrogen-bond donors (Lipinski definition) is 2. The molecule has 24 heavy (non-hydrogen) atoms. The summed E-state index contributed by atoms with van der Waals surface area (Å²) in [6.07, 6.45) is 0.971. The number of carbonyl (C=O) groups is 2. The summed E-state index contributed by atoms with van der Waals surface area (Å²) in [5.41, 5.74) is 3.53. The van der Waals surface area contributed by atoms with Gasteiger partial charge < -0.3 is 10.4 Å². The molecule has 0 radical (unpaired) electrons. The van der Waals surface area contributed by atoms with Gasteiger partial charge in [-0.05, 0) is 35.7 Å². The molecule has 126 valence electrons. The molecule has 2 N–H and O–H groups in total. The van der Waals surface area contributed by atoms with Crippen molar-refractivity contribution < 1.29 is 14.7 Å². The zero-order chi connectivity index (χ0) is 17.4. The van der Waals surface area contributed by atoms with E-state index < -0.39 is 5.97 Å². The summed E-state index contributed by atoms with van der Waals surface area (Å²) < 4.78 is 0. The number of carboxylic acids is 1. The number of aryl methyl sites for hydroxylation is 1. The number of thioether (sulfide) groups is 1. The van der Waals surface area contributed by atoms with Gasteiger partial charge in [-0.25, -0.2) is 0 Å². The zero-order valence-electron chi connectivity index (χ0n) is 13.6. The Morgan fingerprint density at radius 3 is 2.67 bits per heavy atom.